The summed E-state index contributed by atoms with van der Waals surface area (Å²) in [5.41, 5.74) is 5.32. The summed E-state index contributed by atoms with van der Waals surface area (Å²) in [6.45, 7) is 5.72. The minimum absolute atomic E-state index is 0.00631. The molecule has 31 heavy (non-hydrogen) atoms. The molecule has 0 unspecified atom stereocenters. The third-order valence-corrected chi connectivity index (χ3v) is 5.05. The number of methoxy groups -OCH3 is 1. The van der Waals surface area contributed by atoms with Gasteiger partial charge in [-0.15, -0.1) is 0 Å². The van der Waals surface area contributed by atoms with Crippen molar-refractivity contribution < 1.29 is 14.3 Å². The topological polar surface area (TPSA) is 84.1 Å². The molecule has 0 radical (unpaired) electrons. The molecule has 1 N–H and O–H groups in total. The lowest BCUT2D eigenvalue weighted by Gasteiger charge is -2.11. The Labute approximate surface area is 181 Å². The Morgan fingerprint density at radius 3 is 2.48 bits per heavy atom. The minimum atomic E-state index is -0.464. The smallest absolute Gasteiger partial charge is 0.337 e. The molecule has 3 aromatic rings. The van der Waals surface area contributed by atoms with Gasteiger partial charge < -0.3 is 14.6 Å². The number of carbonyl (C=O) groups is 2. The number of anilines is 1. The number of nitrogens with zero attached hydrogens (tertiary/aromatic N) is 2. The highest BCUT2D eigenvalue weighted by molar-refractivity contribution is 6.10. The van der Waals surface area contributed by atoms with Crippen molar-refractivity contribution in [2.45, 2.75) is 20.8 Å². The zero-order chi connectivity index (χ0) is 22.5. The van der Waals surface area contributed by atoms with Crippen molar-refractivity contribution >= 4 is 23.6 Å². The molecule has 0 fully saturated rings. The molecule has 6 nitrogen and oxygen atoms in total. The quantitative estimate of drug-likeness (QED) is 0.372. The average molecular weight is 413 g/mol. The second-order valence-electron chi connectivity index (χ2n) is 7.14. The Bertz CT molecular complexity index is 1230. The van der Waals surface area contributed by atoms with E-state index in [1.807, 2.05) is 61.7 Å². The predicted molar refractivity (Wildman–Crippen MR) is 120 cm³/mol. The van der Waals surface area contributed by atoms with Crippen molar-refractivity contribution in [1.29, 1.82) is 5.26 Å². The molecule has 3 rings (SSSR count). The Morgan fingerprint density at radius 2 is 1.81 bits per heavy atom. The molecule has 0 aliphatic carbocycles. The van der Waals surface area contributed by atoms with E-state index in [2.05, 4.69) is 5.32 Å². The number of aromatic nitrogens is 1. The van der Waals surface area contributed by atoms with E-state index in [-0.39, 0.29) is 5.57 Å². The molecule has 0 spiro atoms. The van der Waals surface area contributed by atoms with Gasteiger partial charge in [0.1, 0.15) is 11.6 Å². The van der Waals surface area contributed by atoms with Crippen molar-refractivity contribution in [3.05, 3.63) is 88.2 Å². The van der Waals surface area contributed by atoms with Gasteiger partial charge in [0.2, 0.25) is 0 Å². The van der Waals surface area contributed by atoms with E-state index in [9.17, 15) is 14.9 Å². The summed E-state index contributed by atoms with van der Waals surface area (Å²) >= 11 is 0. The number of ether oxygens (including phenoxy) is 1. The van der Waals surface area contributed by atoms with Crippen LogP contribution in [0.3, 0.4) is 0 Å². The van der Waals surface area contributed by atoms with Crippen molar-refractivity contribution in [1.82, 2.24) is 4.57 Å². The van der Waals surface area contributed by atoms with E-state index in [0.29, 0.717) is 11.3 Å². The molecule has 1 amide bonds. The maximum atomic E-state index is 12.7. The second-order valence-corrected chi connectivity index (χ2v) is 7.14. The first kappa shape index (κ1) is 21.6. The molecule has 0 aliphatic rings. The number of amides is 1. The van der Waals surface area contributed by atoms with Crippen LogP contribution in [0.15, 0.2) is 60.2 Å². The highest BCUT2D eigenvalue weighted by atomic mass is 16.5. The molecular formula is C25H23N3O3. The number of aryl methyl sites for hydroxylation is 2. The molecule has 0 saturated carbocycles. The fraction of sp³-hybridized carbons (Fsp3) is 0.160. The first-order chi connectivity index (χ1) is 14.8. The number of nitriles is 1. The molecular weight excluding hydrogens is 390 g/mol. The van der Waals surface area contributed by atoms with Gasteiger partial charge in [-0.2, -0.15) is 5.26 Å². The van der Waals surface area contributed by atoms with E-state index >= 15 is 0 Å². The van der Waals surface area contributed by atoms with E-state index in [4.69, 9.17) is 4.74 Å². The standard InChI is InChI=1S/C25H23N3O3/c1-16-8-5-6-11-23(16)27-24(29)21(15-26)13-20-12-17(2)28(18(20)3)22-10-7-9-19(14-22)25(30)31-4/h5-14H,1-4H3,(H,27,29). The maximum absolute atomic E-state index is 12.7. The molecule has 156 valence electrons. The number of hydrogen-bond donors (Lipinski definition) is 1. The Hall–Kier alpha value is -4.11. The molecule has 2 aromatic carbocycles. The molecule has 0 atom stereocenters. The minimum Gasteiger partial charge on any atom is -0.465 e. The van der Waals surface area contributed by atoms with Crippen LogP contribution < -0.4 is 5.32 Å². The molecule has 0 aliphatic heterocycles. The Balaban J connectivity index is 1.96. The van der Waals surface area contributed by atoms with Gasteiger partial charge in [0.15, 0.2) is 0 Å². The van der Waals surface area contributed by atoms with Crippen molar-refractivity contribution in [3.63, 3.8) is 0 Å². The zero-order valence-corrected chi connectivity index (χ0v) is 17.9. The lowest BCUT2D eigenvalue weighted by Crippen LogP contribution is -2.14. The van der Waals surface area contributed by atoms with E-state index in [1.165, 1.54) is 7.11 Å². The van der Waals surface area contributed by atoms with Crippen molar-refractivity contribution in [2.75, 3.05) is 12.4 Å². The van der Waals surface area contributed by atoms with Crippen LogP contribution in [-0.2, 0) is 9.53 Å². The van der Waals surface area contributed by atoms with Crippen LogP contribution in [0.2, 0.25) is 0 Å². The van der Waals surface area contributed by atoms with Gasteiger partial charge in [-0.05, 0) is 68.3 Å². The van der Waals surface area contributed by atoms with Gasteiger partial charge in [-0.3, -0.25) is 4.79 Å². The number of esters is 1. The summed E-state index contributed by atoms with van der Waals surface area (Å²) in [4.78, 5) is 24.5. The Morgan fingerprint density at radius 1 is 1.06 bits per heavy atom. The summed E-state index contributed by atoms with van der Waals surface area (Å²) in [7, 11) is 1.34. The number of para-hydroxylation sites is 1. The van der Waals surface area contributed by atoms with Gasteiger partial charge in [-0.1, -0.05) is 24.3 Å². The maximum Gasteiger partial charge on any atom is 0.337 e. The van der Waals surface area contributed by atoms with E-state index in [1.54, 1.807) is 30.3 Å². The monoisotopic (exact) mass is 413 g/mol. The summed E-state index contributed by atoms with van der Waals surface area (Å²) < 4.78 is 6.77. The second kappa shape index (κ2) is 9.14. The first-order valence-corrected chi connectivity index (χ1v) is 9.72. The van der Waals surface area contributed by atoms with Crippen LogP contribution >= 0.6 is 0 Å². The third kappa shape index (κ3) is 4.57. The molecule has 1 aromatic heterocycles. The van der Waals surface area contributed by atoms with E-state index < -0.39 is 11.9 Å². The molecule has 0 saturated heterocycles. The molecule has 6 heteroatoms. The summed E-state index contributed by atoms with van der Waals surface area (Å²) in [5.74, 6) is -0.877. The number of carbonyl (C=O) groups excluding carboxylic acids is 2. The number of benzene rings is 2. The fourth-order valence-electron chi connectivity index (χ4n) is 3.43. The first-order valence-electron chi connectivity index (χ1n) is 9.72. The van der Waals surface area contributed by atoms with Crippen LogP contribution in [0.1, 0.15) is 32.9 Å². The van der Waals surface area contributed by atoms with Gasteiger partial charge in [0.25, 0.3) is 5.91 Å². The van der Waals surface area contributed by atoms with Crippen molar-refractivity contribution in [3.8, 4) is 11.8 Å². The predicted octanol–water partition coefficient (Wildman–Crippen LogP) is 4.73. The van der Waals surface area contributed by atoms with Gasteiger partial charge in [0, 0.05) is 22.8 Å². The van der Waals surface area contributed by atoms with Crippen LogP contribution in [0, 0.1) is 32.1 Å². The number of nitrogens with one attached hydrogen (secondary N) is 1. The fourth-order valence-corrected chi connectivity index (χ4v) is 3.43. The molecule has 0 bridgehead atoms. The van der Waals surface area contributed by atoms with Crippen LogP contribution in [0.25, 0.3) is 11.8 Å². The highest BCUT2D eigenvalue weighted by Crippen LogP contribution is 2.24. The van der Waals surface area contributed by atoms with Gasteiger partial charge in [-0.25, -0.2) is 4.79 Å². The van der Waals surface area contributed by atoms with Crippen LogP contribution in [0.4, 0.5) is 5.69 Å². The zero-order valence-electron chi connectivity index (χ0n) is 17.9. The SMILES string of the molecule is COC(=O)c1cccc(-n2c(C)cc(C=C(C#N)C(=O)Nc3ccccc3C)c2C)c1. The van der Waals surface area contributed by atoms with E-state index in [0.717, 1.165) is 28.2 Å². The normalized spacial score (nSPS) is 11.0. The van der Waals surface area contributed by atoms with Gasteiger partial charge in [0.05, 0.1) is 12.7 Å². The molecule has 1 heterocycles. The lowest BCUT2D eigenvalue weighted by molar-refractivity contribution is -0.112. The highest BCUT2D eigenvalue weighted by Gasteiger charge is 2.15. The van der Waals surface area contributed by atoms with Crippen LogP contribution in [0.5, 0.6) is 0 Å². The average Bonchev–Trinajstić information content (AvgIpc) is 3.05. The lowest BCUT2D eigenvalue weighted by atomic mass is 10.1. The van der Waals surface area contributed by atoms with Crippen LogP contribution in [-0.4, -0.2) is 23.6 Å². The largest absolute Gasteiger partial charge is 0.465 e. The third-order valence-electron chi connectivity index (χ3n) is 5.05. The summed E-state index contributed by atoms with van der Waals surface area (Å²) in [6, 6.07) is 18.4. The summed E-state index contributed by atoms with van der Waals surface area (Å²) in [5, 5.41) is 12.4. The Kier molecular flexibility index (Phi) is 6.37. The summed E-state index contributed by atoms with van der Waals surface area (Å²) in [6.07, 6.45) is 1.58. The van der Waals surface area contributed by atoms with Crippen molar-refractivity contribution in [2.24, 2.45) is 0 Å². The van der Waals surface area contributed by atoms with Gasteiger partial charge >= 0.3 is 5.97 Å². The number of rotatable bonds is 5. The number of hydrogen-bond acceptors (Lipinski definition) is 4.